The van der Waals surface area contributed by atoms with Gasteiger partial charge in [-0.25, -0.2) is 0 Å². The number of para-hydroxylation sites is 1. The first-order valence-corrected chi connectivity index (χ1v) is 10.1. The van der Waals surface area contributed by atoms with Crippen molar-refractivity contribution in [2.45, 2.75) is 13.1 Å². The van der Waals surface area contributed by atoms with Gasteiger partial charge in [-0.15, -0.1) is 0 Å². The van der Waals surface area contributed by atoms with E-state index in [1.807, 2.05) is 6.07 Å². The second-order valence-electron chi connectivity index (χ2n) is 5.84. The molecule has 0 bridgehead atoms. The van der Waals surface area contributed by atoms with E-state index in [-0.39, 0.29) is 0 Å². The van der Waals surface area contributed by atoms with Crippen molar-refractivity contribution >= 4 is 26.0 Å². The molecule has 4 rings (SSSR count). The normalized spacial score (nSPS) is 18.3. The first kappa shape index (κ1) is 12.4. The maximum Gasteiger partial charge on any atom is 0.287 e. The fraction of sp³-hybridized carbons (Fsp3) is 0.118. The minimum atomic E-state index is -1.86. The van der Waals surface area contributed by atoms with Crippen LogP contribution in [0, 0.1) is 0 Å². The maximum atomic E-state index is 4.96. The second kappa shape index (κ2) is 4.33. The van der Waals surface area contributed by atoms with Crippen LogP contribution in [0.3, 0.4) is 0 Å². The van der Waals surface area contributed by atoms with E-state index in [2.05, 4.69) is 83.1 Å². The summed E-state index contributed by atoms with van der Waals surface area (Å²) in [6.45, 7) is 4.66. The van der Waals surface area contributed by atoms with E-state index in [4.69, 9.17) is 5.10 Å². The van der Waals surface area contributed by atoms with Crippen LogP contribution in [-0.4, -0.2) is 18.8 Å². The quantitative estimate of drug-likeness (QED) is 0.743. The van der Waals surface area contributed by atoms with Gasteiger partial charge in [0.25, 0.3) is 8.40 Å². The van der Waals surface area contributed by atoms with Crippen molar-refractivity contribution in [1.29, 1.82) is 0 Å². The molecule has 0 saturated heterocycles. The fourth-order valence-electron chi connectivity index (χ4n) is 3.01. The second-order valence-corrected chi connectivity index (χ2v) is 9.73. The average Bonchev–Trinajstić information content (AvgIpc) is 2.80. The Morgan fingerprint density at radius 1 is 0.905 bits per heavy atom. The zero-order valence-electron chi connectivity index (χ0n) is 12.2. The zero-order chi connectivity index (χ0) is 14.4. The van der Waals surface area contributed by atoms with Crippen LogP contribution in [-0.2, 0) is 0 Å². The first-order valence-electron chi connectivity index (χ1n) is 7.19. The molecule has 4 heteroatoms. The highest BCUT2D eigenvalue weighted by molar-refractivity contribution is 6.82. The molecule has 0 fully saturated rings. The van der Waals surface area contributed by atoms with E-state index in [1.54, 1.807) is 0 Å². The van der Waals surface area contributed by atoms with Crippen LogP contribution in [0.25, 0.3) is 6.08 Å². The van der Waals surface area contributed by atoms with Crippen LogP contribution in [0.1, 0.15) is 11.1 Å². The third-order valence-corrected chi connectivity index (χ3v) is 7.07. The molecule has 3 nitrogen and oxygen atoms in total. The Labute approximate surface area is 126 Å². The standard InChI is InChI=1S/C17H17N3Si/c1-21(2)19-13-12-14-8-6-7-11-16(14)17(19)18-20(21)15-9-4-3-5-10-15/h3-13H,1-2H3. The summed E-state index contributed by atoms with van der Waals surface area (Å²) >= 11 is 0. The maximum absolute atomic E-state index is 4.96. The molecule has 21 heavy (non-hydrogen) atoms. The zero-order valence-corrected chi connectivity index (χ0v) is 13.2. The summed E-state index contributed by atoms with van der Waals surface area (Å²) in [4.78, 5) is 0. The molecule has 2 aliphatic heterocycles. The molecule has 0 amide bonds. The average molecular weight is 291 g/mol. The minimum Gasteiger partial charge on any atom is -0.339 e. The van der Waals surface area contributed by atoms with Gasteiger partial charge in [0.2, 0.25) is 0 Å². The molecule has 0 aliphatic carbocycles. The molecule has 0 unspecified atom stereocenters. The molecule has 2 aliphatic rings. The summed E-state index contributed by atoms with van der Waals surface area (Å²) in [6, 6.07) is 18.9. The molecule has 0 saturated carbocycles. The molecule has 0 radical (unpaired) electrons. The lowest BCUT2D eigenvalue weighted by Gasteiger charge is -2.35. The lowest BCUT2D eigenvalue weighted by molar-refractivity contribution is 0.846. The molecule has 0 spiro atoms. The van der Waals surface area contributed by atoms with E-state index in [1.165, 1.54) is 16.8 Å². The van der Waals surface area contributed by atoms with E-state index >= 15 is 0 Å². The van der Waals surface area contributed by atoms with Crippen LogP contribution < -0.4 is 4.67 Å². The number of hydrogen-bond donors (Lipinski definition) is 0. The molecule has 0 aromatic heterocycles. The van der Waals surface area contributed by atoms with Gasteiger partial charge in [0.1, 0.15) is 0 Å². The molecule has 2 aromatic carbocycles. The Morgan fingerprint density at radius 2 is 1.62 bits per heavy atom. The number of amidine groups is 1. The molecule has 104 valence electrons. The summed E-state index contributed by atoms with van der Waals surface area (Å²) in [6.07, 6.45) is 4.38. The summed E-state index contributed by atoms with van der Waals surface area (Å²) in [5.41, 5.74) is 3.63. The third-order valence-electron chi connectivity index (χ3n) is 4.14. The van der Waals surface area contributed by atoms with E-state index in [0.717, 1.165) is 5.84 Å². The highest BCUT2D eigenvalue weighted by Gasteiger charge is 2.45. The topological polar surface area (TPSA) is 18.8 Å². The van der Waals surface area contributed by atoms with Gasteiger partial charge in [-0.3, -0.25) is 4.67 Å². The van der Waals surface area contributed by atoms with Crippen LogP contribution in [0.15, 0.2) is 65.9 Å². The van der Waals surface area contributed by atoms with E-state index in [9.17, 15) is 0 Å². The monoisotopic (exact) mass is 291 g/mol. The molecular formula is C17H17N3Si. The van der Waals surface area contributed by atoms with Crippen molar-refractivity contribution in [3.05, 3.63) is 71.9 Å². The molecule has 0 atom stereocenters. The number of benzene rings is 2. The van der Waals surface area contributed by atoms with Gasteiger partial charge in [-0.1, -0.05) is 42.5 Å². The number of hydrazone groups is 1. The van der Waals surface area contributed by atoms with Gasteiger partial charge in [-0.05, 0) is 43.1 Å². The number of fused-ring (bicyclic) bond motifs is 3. The molecule has 2 heterocycles. The fourth-order valence-corrected chi connectivity index (χ4v) is 5.45. The lowest BCUT2D eigenvalue weighted by Crippen LogP contribution is -2.54. The van der Waals surface area contributed by atoms with Gasteiger partial charge in [0.05, 0.1) is 5.69 Å². The van der Waals surface area contributed by atoms with Gasteiger partial charge >= 0.3 is 0 Å². The van der Waals surface area contributed by atoms with Gasteiger partial charge in [-0.2, -0.15) is 5.10 Å². The Bertz CT molecular complexity index is 750. The van der Waals surface area contributed by atoms with Crippen LogP contribution in [0.4, 0.5) is 5.69 Å². The Kier molecular flexibility index (Phi) is 2.56. The molecular weight excluding hydrogens is 274 g/mol. The van der Waals surface area contributed by atoms with E-state index in [0.29, 0.717) is 0 Å². The number of nitrogens with zero attached hydrogens (tertiary/aromatic N) is 3. The lowest BCUT2D eigenvalue weighted by atomic mass is 10.0. The Hall–Kier alpha value is -2.33. The summed E-state index contributed by atoms with van der Waals surface area (Å²) in [5.74, 6) is 1.08. The summed E-state index contributed by atoms with van der Waals surface area (Å²) in [5, 5.41) is 4.96. The van der Waals surface area contributed by atoms with Crippen molar-refractivity contribution in [3.63, 3.8) is 0 Å². The van der Waals surface area contributed by atoms with Gasteiger partial charge in [0.15, 0.2) is 5.84 Å². The van der Waals surface area contributed by atoms with Crippen LogP contribution in [0.5, 0.6) is 0 Å². The van der Waals surface area contributed by atoms with Crippen LogP contribution in [0.2, 0.25) is 13.1 Å². The van der Waals surface area contributed by atoms with Crippen molar-refractivity contribution < 1.29 is 0 Å². The Morgan fingerprint density at radius 3 is 2.43 bits per heavy atom. The number of hydrogen-bond acceptors (Lipinski definition) is 3. The number of rotatable bonds is 1. The largest absolute Gasteiger partial charge is 0.339 e. The summed E-state index contributed by atoms with van der Waals surface area (Å²) < 4.78 is 4.61. The minimum absolute atomic E-state index is 1.08. The Balaban J connectivity index is 1.87. The SMILES string of the molecule is C[Si]1(C)N2C=Cc3ccccc3C2=NN1c1ccccc1. The van der Waals surface area contributed by atoms with Gasteiger partial charge < -0.3 is 4.57 Å². The predicted molar refractivity (Wildman–Crippen MR) is 90.3 cm³/mol. The van der Waals surface area contributed by atoms with Crippen molar-refractivity contribution in [3.8, 4) is 0 Å². The highest BCUT2D eigenvalue weighted by Crippen LogP contribution is 2.35. The van der Waals surface area contributed by atoms with Crippen molar-refractivity contribution in [1.82, 2.24) is 4.57 Å². The van der Waals surface area contributed by atoms with E-state index < -0.39 is 8.40 Å². The summed E-state index contributed by atoms with van der Waals surface area (Å²) in [7, 11) is -1.86. The van der Waals surface area contributed by atoms with Crippen molar-refractivity contribution in [2.24, 2.45) is 5.10 Å². The number of anilines is 1. The van der Waals surface area contributed by atoms with Gasteiger partial charge in [0, 0.05) is 5.56 Å². The molecule has 2 aromatic rings. The van der Waals surface area contributed by atoms with Crippen molar-refractivity contribution in [2.75, 3.05) is 4.67 Å². The molecule has 0 N–H and O–H groups in total. The first-order chi connectivity index (χ1) is 10.2. The predicted octanol–water partition coefficient (Wildman–Crippen LogP) is 3.86. The third kappa shape index (κ3) is 1.76. The van der Waals surface area contributed by atoms with Crippen LogP contribution >= 0.6 is 0 Å². The highest BCUT2D eigenvalue weighted by atomic mass is 28.3. The smallest absolute Gasteiger partial charge is 0.287 e.